The number of carbonyl (C=O) groups excluding carboxylic acids is 4. The minimum absolute atomic E-state index is 0.220. The van der Waals surface area contributed by atoms with Gasteiger partial charge in [-0.05, 0) is 31.0 Å². The van der Waals surface area contributed by atoms with E-state index in [1.807, 2.05) is 5.32 Å². The minimum Gasteiger partial charge on any atom is -0.338 e. The molecule has 6 amide bonds. The van der Waals surface area contributed by atoms with Crippen LogP contribution in [0.3, 0.4) is 0 Å². The largest absolute Gasteiger partial charge is 0.338 e. The van der Waals surface area contributed by atoms with Crippen LogP contribution >= 0.6 is 0 Å². The van der Waals surface area contributed by atoms with Gasteiger partial charge >= 0.3 is 12.1 Å². The summed E-state index contributed by atoms with van der Waals surface area (Å²) in [5.41, 5.74) is -0.946. The van der Waals surface area contributed by atoms with Crippen LogP contribution in [0.1, 0.15) is 25.8 Å². The summed E-state index contributed by atoms with van der Waals surface area (Å²) in [6, 6.07) is 3.75. The molecule has 8 nitrogen and oxygen atoms in total. The van der Waals surface area contributed by atoms with Crippen molar-refractivity contribution in [2.24, 2.45) is 0 Å². The SMILES string of the molecule is CCNC(=O)NC(=O)CN1C(=O)N[C@](CC)(c2ccc(F)cc2)C1=O. The zero-order valence-corrected chi connectivity index (χ0v) is 13.9. The Hall–Kier alpha value is -2.97. The normalized spacial score (nSPS) is 19.6. The Bertz CT molecular complexity index is 707. The Balaban J connectivity index is 2.19. The Labute approximate surface area is 143 Å². The van der Waals surface area contributed by atoms with Gasteiger partial charge in [0.1, 0.15) is 17.9 Å². The Morgan fingerprint density at radius 1 is 1.20 bits per heavy atom. The number of urea groups is 2. The molecule has 1 atom stereocenters. The third kappa shape index (κ3) is 3.59. The monoisotopic (exact) mass is 350 g/mol. The third-order valence-corrected chi connectivity index (χ3v) is 3.94. The minimum atomic E-state index is -1.36. The number of rotatable bonds is 5. The van der Waals surface area contributed by atoms with Crippen LogP contribution in [0, 0.1) is 5.82 Å². The number of imide groups is 2. The van der Waals surface area contributed by atoms with Gasteiger partial charge in [0, 0.05) is 6.54 Å². The molecule has 1 fully saturated rings. The molecule has 1 aliphatic heterocycles. The standard InChI is InChI=1S/C16H19FN4O4/c1-3-16(10-5-7-11(17)8-6-10)13(23)21(15(25)20-16)9-12(22)19-14(24)18-4-2/h5-8H,3-4,9H2,1-2H3,(H,20,25)(H2,18,19,22,24)/t16-/m1/s1. The molecule has 1 aliphatic rings. The molecule has 0 bridgehead atoms. The van der Waals surface area contributed by atoms with Crippen molar-refractivity contribution in [3.05, 3.63) is 35.6 Å². The fourth-order valence-electron chi connectivity index (χ4n) is 2.66. The number of halogens is 1. The van der Waals surface area contributed by atoms with Gasteiger partial charge in [-0.15, -0.1) is 0 Å². The van der Waals surface area contributed by atoms with Gasteiger partial charge in [0.15, 0.2) is 0 Å². The fraction of sp³-hybridized carbons (Fsp3) is 0.375. The van der Waals surface area contributed by atoms with Crippen LogP contribution in [0.15, 0.2) is 24.3 Å². The molecule has 2 rings (SSSR count). The summed E-state index contributed by atoms with van der Waals surface area (Å²) in [5.74, 6) is -1.89. The van der Waals surface area contributed by atoms with E-state index in [1.54, 1.807) is 13.8 Å². The van der Waals surface area contributed by atoms with Crippen LogP contribution in [0.5, 0.6) is 0 Å². The van der Waals surface area contributed by atoms with E-state index in [4.69, 9.17) is 0 Å². The van der Waals surface area contributed by atoms with Gasteiger partial charge in [0.2, 0.25) is 5.91 Å². The van der Waals surface area contributed by atoms with Crippen LogP contribution in [0.25, 0.3) is 0 Å². The predicted octanol–water partition coefficient (Wildman–Crippen LogP) is 0.828. The summed E-state index contributed by atoms with van der Waals surface area (Å²) in [5, 5.41) is 6.97. The summed E-state index contributed by atoms with van der Waals surface area (Å²) < 4.78 is 13.1. The molecule has 9 heteroatoms. The van der Waals surface area contributed by atoms with Crippen molar-refractivity contribution < 1.29 is 23.6 Å². The molecule has 0 unspecified atom stereocenters. The van der Waals surface area contributed by atoms with Gasteiger partial charge in [0.05, 0.1) is 0 Å². The second-order valence-electron chi connectivity index (χ2n) is 5.49. The fourth-order valence-corrected chi connectivity index (χ4v) is 2.66. The second-order valence-corrected chi connectivity index (χ2v) is 5.49. The topological polar surface area (TPSA) is 108 Å². The number of hydrogen-bond acceptors (Lipinski definition) is 4. The lowest BCUT2D eigenvalue weighted by molar-refractivity contribution is -0.135. The average molecular weight is 350 g/mol. The van der Waals surface area contributed by atoms with E-state index in [2.05, 4.69) is 10.6 Å². The van der Waals surface area contributed by atoms with Crippen LogP contribution < -0.4 is 16.0 Å². The van der Waals surface area contributed by atoms with Gasteiger partial charge in [-0.1, -0.05) is 19.1 Å². The van der Waals surface area contributed by atoms with Crippen molar-refractivity contribution in [1.29, 1.82) is 0 Å². The summed E-state index contributed by atoms with van der Waals surface area (Å²) in [6.45, 7) is 3.11. The third-order valence-electron chi connectivity index (χ3n) is 3.94. The number of hydrogen-bond donors (Lipinski definition) is 3. The van der Waals surface area contributed by atoms with Gasteiger partial charge in [-0.3, -0.25) is 19.8 Å². The first-order chi connectivity index (χ1) is 11.8. The number of amides is 6. The predicted molar refractivity (Wildman–Crippen MR) is 85.8 cm³/mol. The maximum Gasteiger partial charge on any atom is 0.325 e. The Morgan fingerprint density at radius 2 is 1.84 bits per heavy atom. The molecule has 1 aromatic carbocycles. The van der Waals surface area contributed by atoms with E-state index >= 15 is 0 Å². The van der Waals surface area contributed by atoms with E-state index in [1.165, 1.54) is 24.3 Å². The highest BCUT2D eigenvalue weighted by Crippen LogP contribution is 2.32. The second kappa shape index (κ2) is 7.29. The van der Waals surface area contributed by atoms with Crippen LogP contribution in [-0.2, 0) is 15.1 Å². The smallest absolute Gasteiger partial charge is 0.325 e. The van der Waals surface area contributed by atoms with Crippen molar-refractivity contribution in [2.45, 2.75) is 25.8 Å². The summed E-state index contributed by atoms with van der Waals surface area (Å²) in [6.07, 6.45) is 0.220. The molecule has 0 aromatic heterocycles. The highest BCUT2D eigenvalue weighted by atomic mass is 19.1. The molecule has 1 saturated heterocycles. The van der Waals surface area contributed by atoms with Gasteiger partial charge in [-0.25, -0.2) is 14.0 Å². The van der Waals surface area contributed by atoms with Crippen LogP contribution in [-0.4, -0.2) is 41.9 Å². The van der Waals surface area contributed by atoms with Crippen molar-refractivity contribution in [2.75, 3.05) is 13.1 Å². The lowest BCUT2D eigenvalue weighted by Crippen LogP contribution is -2.47. The highest BCUT2D eigenvalue weighted by Gasteiger charge is 2.51. The molecule has 0 saturated carbocycles. The van der Waals surface area contributed by atoms with E-state index < -0.39 is 41.8 Å². The van der Waals surface area contributed by atoms with Crippen molar-refractivity contribution in [3.8, 4) is 0 Å². The summed E-state index contributed by atoms with van der Waals surface area (Å²) >= 11 is 0. The first-order valence-electron chi connectivity index (χ1n) is 7.82. The first kappa shape index (κ1) is 18.4. The lowest BCUT2D eigenvalue weighted by atomic mass is 9.87. The maximum absolute atomic E-state index is 13.1. The number of carbonyl (C=O) groups is 4. The molecule has 25 heavy (non-hydrogen) atoms. The number of benzene rings is 1. The molecule has 0 spiro atoms. The molecule has 0 aliphatic carbocycles. The number of nitrogens with one attached hydrogen (secondary N) is 3. The quantitative estimate of drug-likeness (QED) is 0.684. The molecule has 3 N–H and O–H groups in total. The van der Waals surface area contributed by atoms with Gasteiger partial charge < -0.3 is 10.6 Å². The Kier molecular flexibility index (Phi) is 5.35. The number of nitrogens with zero attached hydrogens (tertiary/aromatic N) is 1. The molecule has 0 radical (unpaired) electrons. The average Bonchev–Trinajstić information content (AvgIpc) is 2.80. The zero-order valence-electron chi connectivity index (χ0n) is 13.9. The molecular formula is C16H19FN4O4. The lowest BCUT2D eigenvalue weighted by Gasteiger charge is -2.25. The van der Waals surface area contributed by atoms with E-state index in [-0.39, 0.29) is 6.42 Å². The van der Waals surface area contributed by atoms with E-state index in [9.17, 15) is 23.6 Å². The van der Waals surface area contributed by atoms with Crippen LogP contribution in [0.2, 0.25) is 0 Å². The molecule has 1 aromatic rings. The first-order valence-corrected chi connectivity index (χ1v) is 7.82. The molecule has 1 heterocycles. The summed E-state index contributed by atoms with van der Waals surface area (Å²) in [7, 11) is 0. The van der Waals surface area contributed by atoms with Gasteiger partial charge in [0.25, 0.3) is 5.91 Å². The van der Waals surface area contributed by atoms with Crippen molar-refractivity contribution >= 4 is 23.9 Å². The van der Waals surface area contributed by atoms with Crippen molar-refractivity contribution in [1.82, 2.24) is 20.9 Å². The Morgan fingerprint density at radius 3 is 2.40 bits per heavy atom. The molecular weight excluding hydrogens is 331 g/mol. The maximum atomic E-state index is 13.1. The van der Waals surface area contributed by atoms with E-state index in [0.717, 1.165) is 4.90 Å². The van der Waals surface area contributed by atoms with Crippen molar-refractivity contribution in [3.63, 3.8) is 0 Å². The summed E-state index contributed by atoms with van der Waals surface area (Å²) in [4.78, 5) is 48.9. The zero-order chi connectivity index (χ0) is 18.6. The van der Waals surface area contributed by atoms with Gasteiger partial charge in [-0.2, -0.15) is 0 Å². The highest BCUT2D eigenvalue weighted by molar-refractivity contribution is 6.10. The molecule has 134 valence electrons. The van der Waals surface area contributed by atoms with E-state index in [0.29, 0.717) is 12.1 Å². The van der Waals surface area contributed by atoms with Crippen LogP contribution in [0.4, 0.5) is 14.0 Å².